The Morgan fingerprint density at radius 2 is 2.11 bits per heavy atom. The smallest absolute Gasteiger partial charge is 0.325 e. The van der Waals surface area contributed by atoms with Crippen molar-refractivity contribution >= 4 is 19.2 Å². The maximum Gasteiger partial charge on any atom is 0.325 e. The normalized spacial score (nSPS) is 10.8. The molecule has 0 aliphatic heterocycles. The lowest BCUT2D eigenvalue weighted by atomic mass is 10.2. The van der Waals surface area contributed by atoms with E-state index in [2.05, 4.69) is 5.32 Å². The van der Waals surface area contributed by atoms with Crippen LogP contribution in [0.1, 0.15) is 24.8 Å². The van der Waals surface area contributed by atoms with E-state index in [4.69, 9.17) is 15.0 Å². The third-order valence-electron chi connectivity index (χ3n) is 2.38. The van der Waals surface area contributed by atoms with Crippen LogP contribution in [0.25, 0.3) is 0 Å². The summed E-state index contributed by atoms with van der Waals surface area (Å²) in [7, 11) is -3.97. The minimum atomic E-state index is -3.97. The van der Waals surface area contributed by atoms with Crippen LogP contribution in [0.5, 0.6) is 0 Å². The molecule has 102 valence electrons. The van der Waals surface area contributed by atoms with Gasteiger partial charge in [0.15, 0.2) is 0 Å². The molecule has 0 unspecified atom stereocenters. The van der Waals surface area contributed by atoms with Gasteiger partial charge in [-0.15, -0.1) is 0 Å². The molecule has 0 saturated heterocycles. The summed E-state index contributed by atoms with van der Waals surface area (Å²) in [5.41, 5.74) is 0.998. The van der Waals surface area contributed by atoms with E-state index >= 15 is 0 Å². The van der Waals surface area contributed by atoms with Crippen molar-refractivity contribution in [3.63, 3.8) is 0 Å². The number of nitriles is 1. The monoisotopic (exact) mass is 282 g/mol. The second-order valence-corrected chi connectivity index (χ2v) is 5.86. The molecular formula is C12H15N2O4P. The highest BCUT2D eigenvalue weighted by Crippen LogP contribution is 2.35. The molecule has 0 heterocycles. The van der Waals surface area contributed by atoms with Crippen molar-refractivity contribution in [1.29, 1.82) is 5.26 Å². The van der Waals surface area contributed by atoms with E-state index in [1.54, 1.807) is 24.3 Å². The Hall–Kier alpha value is -1.67. The van der Waals surface area contributed by atoms with Crippen LogP contribution in [0.3, 0.4) is 0 Å². The van der Waals surface area contributed by atoms with Crippen LogP contribution in [-0.2, 0) is 9.36 Å². The molecule has 0 radical (unpaired) electrons. The van der Waals surface area contributed by atoms with Crippen molar-refractivity contribution in [1.82, 2.24) is 0 Å². The third kappa shape index (κ3) is 6.73. The molecule has 19 heavy (non-hydrogen) atoms. The van der Waals surface area contributed by atoms with Crippen LogP contribution in [-0.4, -0.2) is 21.9 Å². The Morgan fingerprint density at radius 1 is 1.37 bits per heavy atom. The molecule has 6 nitrogen and oxygen atoms in total. The van der Waals surface area contributed by atoms with Gasteiger partial charge in [0.2, 0.25) is 5.91 Å². The van der Waals surface area contributed by atoms with Crippen molar-refractivity contribution in [2.24, 2.45) is 0 Å². The highest BCUT2D eigenvalue weighted by molar-refractivity contribution is 7.51. The van der Waals surface area contributed by atoms with Gasteiger partial charge in [0.05, 0.1) is 11.6 Å². The van der Waals surface area contributed by atoms with E-state index in [9.17, 15) is 9.36 Å². The molecule has 1 rings (SSSR count). The molecule has 3 N–H and O–H groups in total. The molecule has 0 aromatic heterocycles. The number of benzene rings is 1. The Balaban J connectivity index is 2.35. The first kappa shape index (κ1) is 15.4. The SMILES string of the molecule is N#Cc1cccc(NC(=O)CCCCP(=O)(O)O)c1. The van der Waals surface area contributed by atoms with E-state index < -0.39 is 7.60 Å². The Morgan fingerprint density at radius 3 is 2.74 bits per heavy atom. The zero-order valence-corrected chi connectivity index (χ0v) is 11.1. The number of carbonyl (C=O) groups excluding carboxylic acids is 1. The lowest BCUT2D eigenvalue weighted by molar-refractivity contribution is -0.116. The van der Waals surface area contributed by atoms with Crippen LogP contribution in [0, 0.1) is 11.3 Å². The van der Waals surface area contributed by atoms with Crippen molar-refractivity contribution < 1.29 is 19.1 Å². The fourth-order valence-corrected chi connectivity index (χ4v) is 2.13. The van der Waals surface area contributed by atoms with Gasteiger partial charge < -0.3 is 15.1 Å². The van der Waals surface area contributed by atoms with Gasteiger partial charge in [-0.1, -0.05) is 6.07 Å². The Bertz CT molecular complexity index is 533. The van der Waals surface area contributed by atoms with Crippen LogP contribution in [0.4, 0.5) is 5.69 Å². The molecule has 0 saturated carbocycles. The summed E-state index contributed by atoms with van der Waals surface area (Å²) < 4.78 is 10.6. The quantitative estimate of drug-likeness (QED) is 0.544. The number of anilines is 1. The number of nitrogens with zero attached hydrogens (tertiary/aromatic N) is 1. The molecule has 0 aliphatic carbocycles. The minimum absolute atomic E-state index is 0.191. The molecule has 0 atom stereocenters. The van der Waals surface area contributed by atoms with Crippen LogP contribution < -0.4 is 5.32 Å². The molecule has 1 aromatic carbocycles. The predicted molar refractivity (Wildman–Crippen MR) is 70.5 cm³/mol. The van der Waals surface area contributed by atoms with Crippen molar-refractivity contribution in [3.8, 4) is 6.07 Å². The average molecular weight is 282 g/mol. The van der Waals surface area contributed by atoms with Gasteiger partial charge in [0, 0.05) is 18.3 Å². The topological polar surface area (TPSA) is 110 Å². The molecule has 1 aromatic rings. The minimum Gasteiger partial charge on any atom is -0.326 e. The molecular weight excluding hydrogens is 267 g/mol. The first-order chi connectivity index (χ1) is 8.90. The number of nitrogens with one attached hydrogen (secondary N) is 1. The van der Waals surface area contributed by atoms with Crippen molar-refractivity contribution in [2.45, 2.75) is 19.3 Å². The van der Waals surface area contributed by atoms with Crippen molar-refractivity contribution in [2.75, 3.05) is 11.5 Å². The molecule has 0 bridgehead atoms. The van der Waals surface area contributed by atoms with Gasteiger partial charge >= 0.3 is 7.60 Å². The zero-order chi connectivity index (χ0) is 14.3. The summed E-state index contributed by atoms with van der Waals surface area (Å²) in [6, 6.07) is 8.51. The summed E-state index contributed by atoms with van der Waals surface area (Å²) >= 11 is 0. The number of hydrogen-bond acceptors (Lipinski definition) is 3. The fourth-order valence-electron chi connectivity index (χ4n) is 1.49. The number of unbranched alkanes of at least 4 members (excludes halogenated alkanes) is 1. The average Bonchev–Trinajstić information content (AvgIpc) is 2.34. The van der Waals surface area contributed by atoms with Crippen LogP contribution in [0.15, 0.2) is 24.3 Å². The van der Waals surface area contributed by atoms with Gasteiger partial charge in [0.25, 0.3) is 0 Å². The first-order valence-electron chi connectivity index (χ1n) is 5.75. The van der Waals surface area contributed by atoms with Gasteiger partial charge in [0.1, 0.15) is 0 Å². The maximum atomic E-state index is 11.5. The Kier molecular flexibility index (Phi) is 5.71. The van der Waals surface area contributed by atoms with Gasteiger partial charge in [-0.05, 0) is 31.0 Å². The lowest BCUT2D eigenvalue weighted by Gasteiger charge is -2.06. The van der Waals surface area contributed by atoms with Gasteiger partial charge in [-0.2, -0.15) is 5.26 Å². The molecule has 1 amide bonds. The second-order valence-electron chi connectivity index (χ2n) is 4.09. The molecule has 0 fully saturated rings. The summed E-state index contributed by atoms with van der Waals surface area (Å²) in [6.45, 7) is 0. The fraction of sp³-hybridized carbons (Fsp3) is 0.333. The largest absolute Gasteiger partial charge is 0.326 e. The molecule has 7 heteroatoms. The van der Waals surface area contributed by atoms with E-state index in [0.717, 1.165) is 0 Å². The lowest BCUT2D eigenvalue weighted by Crippen LogP contribution is -2.11. The number of amides is 1. The first-order valence-corrected chi connectivity index (χ1v) is 7.55. The van der Waals surface area contributed by atoms with Crippen LogP contribution in [0.2, 0.25) is 0 Å². The highest BCUT2D eigenvalue weighted by atomic mass is 31.2. The molecule has 0 spiro atoms. The number of hydrogen-bond donors (Lipinski definition) is 3. The van der Waals surface area contributed by atoms with Crippen LogP contribution >= 0.6 is 7.60 Å². The van der Waals surface area contributed by atoms with Crippen molar-refractivity contribution in [3.05, 3.63) is 29.8 Å². The van der Waals surface area contributed by atoms with E-state index in [-0.39, 0.29) is 18.5 Å². The third-order valence-corrected chi connectivity index (χ3v) is 3.28. The zero-order valence-electron chi connectivity index (χ0n) is 10.2. The predicted octanol–water partition coefficient (Wildman–Crippen LogP) is 1.84. The van der Waals surface area contributed by atoms with Gasteiger partial charge in [-0.25, -0.2) is 0 Å². The maximum absolute atomic E-state index is 11.5. The van der Waals surface area contributed by atoms with E-state index in [0.29, 0.717) is 24.1 Å². The van der Waals surface area contributed by atoms with Gasteiger partial charge in [-0.3, -0.25) is 9.36 Å². The van der Waals surface area contributed by atoms with E-state index in [1.165, 1.54) is 0 Å². The summed E-state index contributed by atoms with van der Waals surface area (Å²) in [4.78, 5) is 28.9. The summed E-state index contributed by atoms with van der Waals surface area (Å²) in [5, 5.41) is 11.3. The Labute approximate surface area is 111 Å². The highest BCUT2D eigenvalue weighted by Gasteiger charge is 2.12. The molecule has 0 aliphatic rings. The summed E-state index contributed by atoms with van der Waals surface area (Å²) in [6.07, 6.45) is 0.700. The summed E-state index contributed by atoms with van der Waals surface area (Å²) in [5.74, 6) is -0.235. The number of carbonyl (C=O) groups is 1. The number of rotatable bonds is 6. The second kappa shape index (κ2) is 7.05. The van der Waals surface area contributed by atoms with E-state index in [1.807, 2.05) is 6.07 Å². The standard InChI is InChI=1S/C12H15N2O4P/c13-9-10-4-3-5-11(8-10)14-12(15)6-1-2-7-19(16,17)18/h3-5,8H,1-2,6-7H2,(H,14,15)(H2,16,17,18).